The zero-order valence-corrected chi connectivity index (χ0v) is 10.1. The number of rotatable bonds is 0. The SMILES string of the molecule is Cc1nc2cc(F)ccc2c(I)c1C. The van der Waals surface area contributed by atoms with E-state index >= 15 is 0 Å². The van der Waals surface area contributed by atoms with Crippen molar-refractivity contribution < 1.29 is 4.39 Å². The number of halogens is 2. The number of fused-ring (bicyclic) bond motifs is 1. The van der Waals surface area contributed by atoms with Gasteiger partial charge < -0.3 is 0 Å². The second kappa shape index (κ2) is 3.46. The smallest absolute Gasteiger partial charge is 0.125 e. The predicted octanol–water partition coefficient (Wildman–Crippen LogP) is 3.60. The molecule has 0 atom stereocenters. The van der Waals surface area contributed by atoms with Crippen LogP contribution < -0.4 is 0 Å². The number of aromatic nitrogens is 1. The van der Waals surface area contributed by atoms with E-state index in [9.17, 15) is 4.39 Å². The molecule has 1 nitrogen and oxygen atoms in total. The number of hydrogen-bond donors (Lipinski definition) is 0. The molecule has 0 aliphatic heterocycles. The van der Waals surface area contributed by atoms with Crippen molar-refractivity contribution in [2.75, 3.05) is 0 Å². The first-order valence-electron chi connectivity index (χ1n) is 4.31. The van der Waals surface area contributed by atoms with Crippen LogP contribution in [0.4, 0.5) is 4.39 Å². The summed E-state index contributed by atoms with van der Waals surface area (Å²) in [5, 5.41) is 1.02. The fourth-order valence-electron chi connectivity index (χ4n) is 1.41. The fraction of sp³-hybridized carbons (Fsp3) is 0.182. The van der Waals surface area contributed by atoms with E-state index in [4.69, 9.17) is 0 Å². The molecule has 3 heteroatoms. The first kappa shape index (κ1) is 9.83. The molecule has 0 amide bonds. The van der Waals surface area contributed by atoms with E-state index in [0.29, 0.717) is 0 Å². The quantitative estimate of drug-likeness (QED) is 0.678. The van der Waals surface area contributed by atoms with Crippen LogP contribution in [0, 0.1) is 23.2 Å². The Balaban J connectivity index is 2.91. The van der Waals surface area contributed by atoms with Crippen molar-refractivity contribution in [3.05, 3.63) is 38.8 Å². The van der Waals surface area contributed by atoms with Crippen molar-refractivity contribution in [1.29, 1.82) is 0 Å². The van der Waals surface area contributed by atoms with Crippen molar-refractivity contribution in [3.63, 3.8) is 0 Å². The molecule has 2 rings (SSSR count). The summed E-state index contributed by atoms with van der Waals surface area (Å²) in [6.45, 7) is 3.98. The third-order valence-electron chi connectivity index (χ3n) is 2.36. The van der Waals surface area contributed by atoms with Crippen molar-refractivity contribution >= 4 is 33.5 Å². The predicted molar refractivity (Wildman–Crippen MR) is 63.9 cm³/mol. The van der Waals surface area contributed by atoms with Crippen LogP contribution in [0.5, 0.6) is 0 Å². The molecule has 0 aliphatic carbocycles. The van der Waals surface area contributed by atoms with Crippen LogP contribution in [-0.2, 0) is 0 Å². The van der Waals surface area contributed by atoms with Gasteiger partial charge in [0.1, 0.15) is 5.82 Å². The molecule has 0 N–H and O–H groups in total. The van der Waals surface area contributed by atoms with E-state index in [2.05, 4.69) is 27.6 Å². The molecule has 0 bridgehead atoms. The summed E-state index contributed by atoms with van der Waals surface area (Å²) in [4.78, 5) is 4.35. The van der Waals surface area contributed by atoms with Gasteiger partial charge in [0.05, 0.1) is 5.52 Å². The van der Waals surface area contributed by atoms with Gasteiger partial charge in [-0.2, -0.15) is 0 Å². The first-order valence-corrected chi connectivity index (χ1v) is 5.39. The molecule has 2 aromatic rings. The van der Waals surface area contributed by atoms with Gasteiger partial charge in [-0.1, -0.05) is 0 Å². The Morgan fingerprint density at radius 3 is 2.71 bits per heavy atom. The van der Waals surface area contributed by atoms with Gasteiger partial charge in [0.2, 0.25) is 0 Å². The Labute approximate surface area is 95.5 Å². The van der Waals surface area contributed by atoms with E-state index in [1.165, 1.54) is 17.7 Å². The van der Waals surface area contributed by atoms with Gasteiger partial charge >= 0.3 is 0 Å². The van der Waals surface area contributed by atoms with E-state index in [-0.39, 0.29) is 5.82 Å². The zero-order chi connectivity index (χ0) is 10.3. The van der Waals surface area contributed by atoms with Crippen LogP contribution in [0.1, 0.15) is 11.3 Å². The molecule has 0 radical (unpaired) electrons. The van der Waals surface area contributed by atoms with E-state index in [0.717, 1.165) is 20.2 Å². The van der Waals surface area contributed by atoms with Gasteiger partial charge in [-0.15, -0.1) is 0 Å². The molecular formula is C11H9FIN. The maximum absolute atomic E-state index is 13.0. The second-order valence-electron chi connectivity index (χ2n) is 3.30. The maximum Gasteiger partial charge on any atom is 0.125 e. The molecule has 1 heterocycles. The Bertz CT molecular complexity index is 508. The molecule has 1 aromatic carbocycles. The van der Waals surface area contributed by atoms with Gasteiger partial charge in [-0.05, 0) is 54.1 Å². The van der Waals surface area contributed by atoms with Crippen LogP contribution in [0.15, 0.2) is 18.2 Å². The average molecular weight is 301 g/mol. The highest BCUT2D eigenvalue weighted by atomic mass is 127. The minimum Gasteiger partial charge on any atom is -0.253 e. The van der Waals surface area contributed by atoms with E-state index in [1.807, 2.05) is 13.8 Å². The number of hydrogen-bond acceptors (Lipinski definition) is 1. The van der Waals surface area contributed by atoms with Gasteiger partial charge in [0, 0.05) is 20.7 Å². The van der Waals surface area contributed by atoms with Crippen LogP contribution in [0.25, 0.3) is 10.9 Å². The number of nitrogens with zero attached hydrogens (tertiary/aromatic N) is 1. The molecule has 0 unspecified atom stereocenters. The summed E-state index contributed by atoms with van der Waals surface area (Å²) < 4.78 is 14.1. The van der Waals surface area contributed by atoms with Gasteiger partial charge in [0.15, 0.2) is 0 Å². The lowest BCUT2D eigenvalue weighted by Gasteiger charge is -2.06. The minimum atomic E-state index is -0.232. The van der Waals surface area contributed by atoms with Crippen molar-refractivity contribution in [3.8, 4) is 0 Å². The summed E-state index contributed by atoms with van der Waals surface area (Å²) >= 11 is 2.28. The lowest BCUT2D eigenvalue weighted by molar-refractivity contribution is 0.629. The highest BCUT2D eigenvalue weighted by Crippen LogP contribution is 2.24. The summed E-state index contributed by atoms with van der Waals surface area (Å²) in [5.41, 5.74) is 2.87. The van der Waals surface area contributed by atoms with Crippen LogP contribution in [0.2, 0.25) is 0 Å². The van der Waals surface area contributed by atoms with Crippen molar-refractivity contribution in [1.82, 2.24) is 4.98 Å². The van der Waals surface area contributed by atoms with Crippen molar-refractivity contribution in [2.24, 2.45) is 0 Å². The van der Waals surface area contributed by atoms with Crippen LogP contribution in [0.3, 0.4) is 0 Å². The second-order valence-corrected chi connectivity index (χ2v) is 4.38. The Morgan fingerprint density at radius 1 is 1.29 bits per heavy atom. The summed E-state index contributed by atoms with van der Waals surface area (Å²) in [6, 6.07) is 4.73. The molecule has 0 saturated heterocycles. The van der Waals surface area contributed by atoms with E-state index in [1.54, 1.807) is 6.07 Å². The van der Waals surface area contributed by atoms with Gasteiger partial charge in [-0.3, -0.25) is 4.98 Å². The lowest BCUT2D eigenvalue weighted by Crippen LogP contribution is -1.93. The normalized spacial score (nSPS) is 10.9. The molecule has 0 aliphatic rings. The van der Waals surface area contributed by atoms with Gasteiger partial charge in [0.25, 0.3) is 0 Å². The number of benzene rings is 1. The lowest BCUT2D eigenvalue weighted by atomic mass is 10.1. The average Bonchev–Trinajstić information content (AvgIpc) is 2.14. The number of pyridine rings is 1. The largest absolute Gasteiger partial charge is 0.253 e. The minimum absolute atomic E-state index is 0.232. The monoisotopic (exact) mass is 301 g/mol. The van der Waals surface area contributed by atoms with Crippen LogP contribution >= 0.6 is 22.6 Å². The van der Waals surface area contributed by atoms with Crippen LogP contribution in [-0.4, -0.2) is 4.98 Å². The third kappa shape index (κ3) is 1.49. The molecular weight excluding hydrogens is 292 g/mol. The van der Waals surface area contributed by atoms with Gasteiger partial charge in [-0.25, -0.2) is 4.39 Å². The molecule has 0 spiro atoms. The molecule has 72 valence electrons. The van der Waals surface area contributed by atoms with Crippen molar-refractivity contribution in [2.45, 2.75) is 13.8 Å². The maximum atomic E-state index is 13.0. The fourth-order valence-corrected chi connectivity index (χ4v) is 2.25. The highest BCUT2D eigenvalue weighted by Gasteiger charge is 2.06. The Kier molecular flexibility index (Phi) is 2.43. The standard InChI is InChI=1S/C11H9FIN/c1-6-7(2)14-10-5-8(12)3-4-9(10)11(6)13/h3-5H,1-2H3. The molecule has 0 fully saturated rings. The Morgan fingerprint density at radius 2 is 2.00 bits per heavy atom. The highest BCUT2D eigenvalue weighted by molar-refractivity contribution is 14.1. The summed E-state index contributed by atoms with van der Waals surface area (Å²) in [5.74, 6) is -0.232. The summed E-state index contributed by atoms with van der Waals surface area (Å²) in [6.07, 6.45) is 0. The third-order valence-corrected chi connectivity index (χ3v) is 3.75. The number of aryl methyl sites for hydroxylation is 1. The molecule has 14 heavy (non-hydrogen) atoms. The summed E-state index contributed by atoms with van der Waals surface area (Å²) in [7, 11) is 0. The Hall–Kier alpha value is -0.710. The zero-order valence-electron chi connectivity index (χ0n) is 7.94. The van der Waals surface area contributed by atoms with E-state index < -0.39 is 0 Å². The molecule has 0 saturated carbocycles. The topological polar surface area (TPSA) is 12.9 Å². The molecule has 1 aromatic heterocycles. The first-order chi connectivity index (χ1) is 6.59.